The fraction of sp³-hybridized carbons (Fsp3) is 0.692. The predicted octanol–water partition coefficient (Wildman–Crippen LogP) is 2.62. The Labute approximate surface area is 122 Å². The number of rotatable bonds is 5. The lowest BCUT2D eigenvalue weighted by Gasteiger charge is -2.37. The third kappa shape index (κ3) is 4.53. The zero-order valence-corrected chi connectivity index (χ0v) is 12.8. The van der Waals surface area contributed by atoms with Crippen molar-refractivity contribution < 1.29 is 14.7 Å². The molecule has 0 aliphatic heterocycles. The van der Waals surface area contributed by atoms with E-state index in [-0.39, 0.29) is 6.54 Å². The number of carboxylic acids is 1. The van der Waals surface area contributed by atoms with Gasteiger partial charge in [0.2, 0.25) is 0 Å². The number of carbonyl (C=O) groups is 2. The van der Waals surface area contributed by atoms with Gasteiger partial charge in [-0.1, -0.05) is 35.9 Å². The van der Waals surface area contributed by atoms with Crippen LogP contribution in [0.5, 0.6) is 0 Å². The lowest BCUT2D eigenvalue weighted by atomic mass is 9.75. The van der Waals surface area contributed by atoms with Crippen molar-refractivity contribution in [1.82, 2.24) is 10.6 Å². The number of carbonyl (C=O) groups excluding carboxylic acids is 1. The number of nitrogens with one attached hydrogen (secondary N) is 2. The van der Waals surface area contributed by atoms with Gasteiger partial charge in [0, 0.05) is 4.48 Å². The summed E-state index contributed by atoms with van der Waals surface area (Å²) in [5, 5.41) is 14.6. The largest absolute Gasteiger partial charge is 0.480 e. The Morgan fingerprint density at radius 2 is 2.00 bits per heavy atom. The minimum Gasteiger partial charge on any atom is -0.480 e. The highest BCUT2D eigenvalue weighted by Gasteiger charge is 2.42. The molecule has 0 atom stereocenters. The Balaban J connectivity index is 2.61. The van der Waals surface area contributed by atoms with Crippen LogP contribution in [0.2, 0.25) is 0 Å². The first-order valence-electron chi connectivity index (χ1n) is 6.52. The van der Waals surface area contributed by atoms with Crippen LogP contribution in [0.3, 0.4) is 0 Å². The number of hydrogen-bond acceptors (Lipinski definition) is 2. The first-order chi connectivity index (χ1) is 8.89. The maximum absolute atomic E-state index is 11.7. The molecule has 1 fully saturated rings. The second-order valence-corrected chi connectivity index (χ2v) is 6.19. The normalized spacial score (nSPS) is 26.5. The molecule has 1 aliphatic carbocycles. The van der Waals surface area contributed by atoms with E-state index in [2.05, 4.69) is 40.1 Å². The van der Waals surface area contributed by atoms with Crippen molar-refractivity contribution in [2.75, 3.05) is 6.54 Å². The predicted molar refractivity (Wildman–Crippen MR) is 77.2 cm³/mol. The zero-order chi connectivity index (χ0) is 14.5. The average molecular weight is 333 g/mol. The topological polar surface area (TPSA) is 78.4 Å². The number of amides is 2. The van der Waals surface area contributed by atoms with Crippen LogP contribution in [0.1, 0.15) is 39.0 Å². The van der Waals surface area contributed by atoms with Gasteiger partial charge in [-0.15, -0.1) is 0 Å². The summed E-state index contributed by atoms with van der Waals surface area (Å²) in [5.74, 6) is -0.380. The van der Waals surface area contributed by atoms with E-state index in [1.54, 1.807) is 0 Å². The molecule has 0 aromatic carbocycles. The minimum atomic E-state index is -1.12. The highest BCUT2D eigenvalue weighted by molar-refractivity contribution is 9.11. The molecule has 1 rings (SSSR count). The average Bonchev–Trinajstić information content (AvgIpc) is 2.37. The van der Waals surface area contributed by atoms with Crippen LogP contribution in [-0.4, -0.2) is 29.2 Å². The summed E-state index contributed by atoms with van der Waals surface area (Å²) in [5.41, 5.74) is -1.12. The van der Waals surface area contributed by atoms with Gasteiger partial charge < -0.3 is 15.7 Å². The van der Waals surface area contributed by atoms with Gasteiger partial charge >= 0.3 is 12.0 Å². The first-order valence-corrected chi connectivity index (χ1v) is 7.31. The first kappa shape index (κ1) is 16.0. The number of hydrogen-bond donors (Lipinski definition) is 3. The molecule has 0 radical (unpaired) electrons. The van der Waals surface area contributed by atoms with Gasteiger partial charge in [0.15, 0.2) is 0 Å². The maximum Gasteiger partial charge on any atom is 0.329 e. The lowest BCUT2D eigenvalue weighted by Crippen LogP contribution is -2.58. The third-order valence-corrected chi connectivity index (χ3v) is 4.02. The third-order valence-electron chi connectivity index (χ3n) is 3.74. The quantitative estimate of drug-likeness (QED) is 0.724. The molecule has 0 spiro atoms. The minimum absolute atomic E-state index is 0.277. The number of carboxylic acid groups (broad SMARTS) is 1. The van der Waals surface area contributed by atoms with Crippen LogP contribution in [0.25, 0.3) is 0 Å². The molecule has 5 nitrogen and oxygen atoms in total. The van der Waals surface area contributed by atoms with Gasteiger partial charge in [-0.2, -0.15) is 0 Å². The number of aliphatic carboxylic acids is 1. The van der Waals surface area contributed by atoms with Gasteiger partial charge in [-0.25, -0.2) is 9.59 Å². The number of urea groups is 1. The molecule has 3 N–H and O–H groups in total. The SMILES string of the molecule is C=C(Br)CNC(=O)NC1(C(=O)O)CCC(CC)CC1. The maximum atomic E-state index is 11.7. The summed E-state index contributed by atoms with van der Waals surface area (Å²) in [6, 6.07) is -0.460. The van der Waals surface area contributed by atoms with Gasteiger partial charge in [-0.3, -0.25) is 0 Å². The Hall–Kier alpha value is -1.04. The lowest BCUT2D eigenvalue weighted by molar-refractivity contribution is -0.146. The molecule has 6 heteroatoms. The van der Waals surface area contributed by atoms with E-state index in [4.69, 9.17) is 0 Å². The highest BCUT2D eigenvalue weighted by atomic mass is 79.9. The summed E-state index contributed by atoms with van der Waals surface area (Å²) in [6.07, 6.45) is 3.72. The van der Waals surface area contributed by atoms with Crippen molar-refractivity contribution in [2.45, 2.75) is 44.6 Å². The summed E-state index contributed by atoms with van der Waals surface area (Å²) >= 11 is 3.13. The summed E-state index contributed by atoms with van der Waals surface area (Å²) in [6.45, 7) is 5.99. The number of halogens is 1. The van der Waals surface area contributed by atoms with Gasteiger partial charge in [0.25, 0.3) is 0 Å². The van der Waals surface area contributed by atoms with Crippen LogP contribution < -0.4 is 10.6 Å². The van der Waals surface area contributed by atoms with Gasteiger partial charge in [-0.05, 0) is 31.6 Å². The van der Waals surface area contributed by atoms with E-state index < -0.39 is 17.5 Å². The monoisotopic (exact) mass is 332 g/mol. The summed E-state index contributed by atoms with van der Waals surface area (Å²) < 4.78 is 0.640. The Kier molecular flexibility index (Phi) is 5.85. The fourth-order valence-electron chi connectivity index (χ4n) is 2.41. The highest BCUT2D eigenvalue weighted by Crippen LogP contribution is 2.33. The van der Waals surface area contributed by atoms with Crippen molar-refractivity contribution in [2.24, 2.45) is 5.92 Å². The molecule has 1 saturated carbocycles. The smallest absolute Gasteiger partial charge is 0.329 e. The van der Waals surface area contributed by atoms with Crippen LogP contribution in [0.4, 0.5) is 4.79 Å². The van der Waals surface area contributed by atoms with E-state index in [9.17, 15) is 14.7 Å². The van der Waals surface area contributed by atoms with Crippen molar-refractivity contribution in [1.29, 1.82) is 0 Å². The van der Waals surface area contributed by atoms with Crippen molar-refractivity contribution in [3.8, 4) is 0 Å². The Morgan fingerprint density at radius 1 is 1.42 bits per heavy atom. The summed E-state index contributed by atoms with van der Waals surface area (Å²) in [7, 11) is 0. The van der Waals surface area contributed by atoms with E-state index in [1.165, 1.54) is 0 Å². The molecule has 0 unspecified atom stereocenters. The van der Waals surface area contributed by atoms with Crippen LogP contribution in [-0.2, 0) is 4.79 Å². The van der Waals surface area contributed by atoms with Crippen molar-refractivity contribution >= 4 is 27.9 Å². The molecule has 0 saturated heterocycles. The van der Waals surface area contributed by atoms with Gasteiger partial charge in [0.1, 0.15) is 5.54 Å². The van der Waals surface area contributed by atoms with E-state index in [0.29, 0.717) is 23.2 Å². The van der Waals surface area contributed by atoms with Crippen LogP contribution >= 0.6 is 15.9 Å². The molecular formula is C13H21BrN2O3. The summed E-state index contributed by atoms with van der Waals surface area (Å²) in [4.78, 5) is 23.2. The van der Waals surface area contributed by atoms with E-state index in [1.807, 2.05) is 0 Å². The Bertz CT molecular complexity index is 363. The molecule has 0 aromatic heterocycles. The van der Waals surface area contributed by atoms with Crippen molar-refractivity contribution in [3.05, 3.63) is 11.1 Å². The standard InChI is InChI=1S/C13H21BrN2O3/c1-3-10-4-6-13(7-5-10,11(17)18)16-12(19)15-8-9(2)14/h10H,2-8H2,1H3,(H,17,18)(H2,15,16,19). The molecule has 108 valence electrons. The van der Waals surface area contributed by atoms with Crippen LogP contribution in [0.15, 0.2) is 11.1 Å². The van der Waals surface area contributed by atoms with Crippen molar-refractivity contribution in [3.63, 3.8) is 0 Å². The molecule has 0 heterocycles. The molecule has 0 bridgehead atoms. The molecular weight excluding hydrogens is 312 g/mol. The van der Waals surface area contributed by atoms with Gasteiger partial charge in [0.05, 0.1) is 6.54 Å². The van der Waals surface area contributed by atoms with E-state index >= 15 is 0 Å². The van der Waals surface area contributed by atoms with Crippen LogP contribution in [0, 0.1) is 5.92 Å². The zero-order valence-electron chi connectivity index (χ0n) is 11.2. The molecule has 2 amide bonds. The van der Waals surface area contributed by atoms with E-state index in [0.717, 1.165) is 19.3 Å². The fourth-order valence-corrected chi connectivity index (χ4v) is 2.55. The second kappa shape index (κ2) is 6.93. The second-order valence-electron chi connectivity index (χ2n) is 5.06. The molecule has 1 aliphatic rings. The molecule has 0 aromatic rings. The Morgan fingerprint density at radius 3 is 2.42 bits per heavy atom. The molecule has 19 heavy (non-hydrogen) atoms.